The number of piperidine rings is 1. The molecule has 13 nitrogen and oxygen atoms in total. The lowest BCUT2D eigenvalue weighted by molar-refractivity contribution is -0.137. The highest BCUT2D eigenvalue weighted by atomic mass is 19.1. The van der Waals surface area contributed by atoms with Crippen molar-refractivity contribution < 1.29 is 42.9 Å². The summed E-state index contributed by atoms with van der Waals surface area (Å²) in [7, 11) is 1.32. The van der Waals surface area contributed by atoms with E-state index in [1.165, 1.54) is 13.3 Å². The molecule has 1 aromatic heterocycles. The molecule has 2 aliphatic rings. The lowest BCUT2D eigenvalue weighted by atomic mass is 10.0. The van der Waals surface area contributed by atoms with Crippen LogP contribution in [-0.4, -0.2) is 77.9 Å². The second-order valence-electron chi connectivity index (χ2n) is 10.5. The molecule has 0 unspecified atom stereocenters. The Kier molecular flexibility index (Phi) is 9.63. The maximum absolute atomic E-state index is 15.6. The number of pyridine rings is 1. The largest absolute Gasteiger partial charge is 0.492 e. The van der Waals surface area contributed by atoms with Crippen molar-refractivity contribution in [2.45, 2.75) is 50.6 Å². The second kappa shape index (κ2) is 13.2. The first-order valence-corrected chi connectivity index (χ1v) is 13.7. The van der Waals surface area contributed by atoms with Gasteiger partial charge in [-0.15, -0.1) is 0 Å². The number of rotatable bonds is 12. The van der Waals surface area contributed by atoms with Crippen LogP contribution in [0.3, 0.4) is 0 Å². The van der Waals surface area contributed by atoms with Crippen LogP contribution in [-0.2, 0) is 14.4 Å². The van der Waals surface area contributed by atoms with E-state index in [9.17, 15) is 29.1 Å². The first-order valence-electron chi connectivity index (χ1n) is 13.7. The zero-order valence-electron chi connectivity index (χ0n) is 23.5. The van der Waals surface area contributed by atoms with Gasteiger partial charge in [0.15, 0.2) is 11.6 Å². The average molecular weight is 606 g/mol. The van der Waals surface area contributed by atoms with Crippen molar-refractivity contribution in [1.82, 2.24) is 15.2 Å². The number of nitrogens with one attached hydrogen (secondary N) is 2. The van der Waals surface area contributed by atoms with Crippen LogP contribution < -0.4 is 31.4 Å². The Morgan fingerprint density at radius 2 is 1.91 bits per heavy atom. The number of hydrogen-bond donors (Lipinski definition) is 5. The van der Waals surface area contributed by atoms with Crippen LogP contribution in [0.1, 0.15) is 54.9 Å². The third-order valence-corrected chi connectivity index (χ3v) is 7.43. The number of methoxy groups -OCH3 is 1. The minimum absolute atomic E-state index is 0.0165. The number of benzene rings is 1. The fourth-order valence-corrected chi connectivity index (χ4v) is 5.08. The van der Waals surface area contributed by atoms with Crippen LogP contribution in [0.25, 0.3) is 10.9 Å². The number of aliphatic carboxylic acids is 1. The molecule has 0 bridgehead atoms. The summed E-state index contributed by atoms with van der Waals surface area (Å²) in [6, 6.07) is -0.185. The van der Waals surface area contributed by atoms with Crippen molar-refractivity contribution >= 4 is 40.3 Å². The third kappa shape index (κ3) is 7.10. The maximum Gasteiger partial charge on any atom is 0.341 e. The number of carboxylic acids is 2. The first kappa shape index (κ1) is 31.4. The monoisotopic (exact) mass is 605 g/mol. The van der Waals surface area contributed by atoms with Crippen LogP contribution in [0.5, 0.6) is 5.75 Å². The van der Waals surface area contributed by atoms with E-state index in [-0.39, 0.29) is 47.8 Å². The van der Waals surface area contributed by atoms with Crippen molar-refractivity contribution in [2.24, 2.45) is 5.73 Å². The molecule has 6 N–H and O–H groups in total. The molecule has 2 amide bonds. The molecular formula is C28H33F2N5O8. The van der Waals surface area contributed by atoms with E-state index in [0.29, 0.717) is 25.0 Å². The number of carboxylic acid groups (broad SMARTS) is 2. The van der Waals surface area contributed by atoms with Crippen LogP contribution in [0.15, 0.2) is 28.5 Å². The quantitative estimate of drug-likeness (QED) is 0.236. The molecule has 0 radical (unpaired) electrons. The molecule has 15 heteroatoms. The summed E-state index contributed by atoms with van der Waals surface area (Å²) in [5, 5.41) is 22.7. The maximum atomic E-state index is 15.6. The second-order valence-corrected chi connectivity index (χ2v) is 10.5. The van der Waals surface area contributed by atoms with Gasteiger partial charge in [-0.1, -0.05) is 0 Å². The van der Waals surface area contributed by atoms with Crippen LogP contribution >= 0.6 is 0 Å². The van der Waals surface area contributed by atoms with Gasteiger partial charge >= 0.3 is 11.9 Å². The Balaban J connectivity index is 1.51. The van der Waals surface area contributed by atoms with Crippen molar-refractivity contribution in [2.75, 3.05) is 38.2 Å². The fraction of sp³-hybridized carbons (Fsp3) is 0.464. The summed E-state index contributed by atoms with van der Waals surface area (Å²) < 4.78 is 38.0. The van der Waals surface area contributed by atoms with E-state index < -0.39 is 65.5 Å². The third-order valence-electron chi connectivity index (χ3n) is 7.43. The van der Waals surface area contributed by atoms with Gasteiger partial charge in [-0.3, -0.25) is 19.2 Å². The van der Waals surface area contributed by atoms with E-state index >= 15 is 8.78 Å². The molecule has 1 atom stereocenters. The number of carbonyl (C=O) groups excluding carboxylic acids is 2. The number of anilines is 1. The van der Waals surface area contributed by atoms with Gasteiger partial charge in [0.25, 0.3) is 0 Å². The summed E-state index contributed by atoms with van der Waals surface area (Å²) >= 11 is 0. The minimum atomic E-state index is -1.42. The van der Waals surface area contributed by atoms with Gasteiger partial charge in [0, 0.05) is 31.7 Å². The van der Waals surface area contributed by atoms with Gasteiger partial charge in [0.2, 0.25) is 17.2 Å². The van der Waals surface area contributed by atoms with E-state index in [4.69, 9.17) is 15.6 Å². The molecule has 1 aliphatic carbocycles. The summed E-state index contributed by atoms with van der Waals surface area (Å²) in [4.78, 5) is 60.9. The summed E-state index contributed by atoms with van der Waals surface area (Å²) in [6.45, 7) is -0.646. The van der Waals surface area contributed by atoms with Crippen molar-refractivity contribution in [1.29, 1.82) is 0 Å². The van der Waals surface area contributed by atoms with Gasteiger partial charge in [0.05, 0.1) is 37.1 Å². The molecule has 2 aromatic rings. The van der Waals surface area contributed by atoms with E-state index in [0.717, 1.165) is 18.9 Å². The highest BCUT2D eigenvalue weighted by Crippen LogP contribution is 2.44. The fourth-order valence-electron chi connectivity index (χ4n) is 5.08. The Hall–Kier alpha value is -4.53. The number of aromatic nitrogens is 1. The normalized spacial score (nSPS) is 16.9. The number of amides is 2. The zero-order valence-corrected chi connectivity index (χ0v) is 23.5. The molecule has 1 aromatic carbocycles. The Morgan fingerprint density at radius 1 is 1.19 bits per heavy atom. The van der Waals surface area contributed by atoms with Gasteiger partial charge in [0.1, 0.15) is 17.1 Å². The summed E-state index contributed by atoms with van der Waals surface area (Å²) in [5.74, 6) is -5.34. The number of hydrogen-bond acceptors (Lipinski definition) is 8. The molecule has 2 heterocycles. The summed E-state index contributed by atoms with van der Waals surface area (Å²) in [5.41, 5.74) is 4.89. The van der Waals surface area contributed by atoms with Gasteiger partial charge in [-0.05, 0) is 43.7 Å². The molecule has 1 aliphatic heterocycles. The lowest BCUT2D eigenvalue weighted by Crippen LogP contribution is -2.45. The SMILES string of the molecule is COc1c(N2CCC/C(=C(\F)CNC(=O)CNC(=O)[C@@H](N)CCC(=O)O)C2)c(F)cc2c(=O)c(C(=O)O)cn(C3CC3)c12. The van der Waals surface area contributed by atoms with Crippen molar-refractivity contribution in [3.05, 3.63) is 45.3 Å². The van der Waals surface area contributed by atoms with Crippen molar-refractivity contribution in [3.8, 4) is 5.75 Å². The zero-order chi connectivity index (χ0) is 31.4. The number of halogens is 2. The molecule has 1 saturated heterocycles. The molecular weight excluding hydrogens is 572 g/mol. The molecule has 232 valence electrons. The van der Waals surface area contributed by atoms with Crippen LogP contribution in [0.2, 0.25) is 0 Å². The smallest absolute Gasteiger partial charge is 0.341 e. The predicted molar refractivity (Wildman–Crippen MR) is 150 cm³/mol. The Labute approximate surface area is 244 Å². The van der Waals surface area contributed by atoms with Gasteiger partial charge in [-0.2, -0.15) is 0 Å². The highest BCUT2D eigenvalue weighted by Gasteiger charge is 2.32. The Morgan fingerprint density at radius 3 is 2.53 bits per heavy atom. The van der Waals surface area contributed by atoms with Gasteiger partial charge in [-0.25, -0.2) is 13.6 Å². The van der Waals surface area contributed by atoms with Crippen LogP contribution in [0.4, 0.5) is 14.5 Å². The molecule has 2 fully saturated rings. The summed E-state index contributed by atoms with van der Waals surface area (Å²) in [6.07, 6.45) is 3.14. The van der Waals surface area contributed by atoms with Crippen LogP contribution in [0, 0.1) is 5.82 Å². The average Bonchev–Trinajstić information content (AvgIpc) is 3.82. The first-order chi connectivity index (χ1) is 20.4. The minimum Gasteiger partial charge on any atom is -0.492 e. The van der Waals surface area contributed by atoms with Crippen molar-refractivity contribution in [3.63, 3.8) is 0 Å². The number of carbonyl (C=O) groups is 4. The molecule has 1 saturated carbocycles. The molecule has 4 rings (SSSR count). The lowest BCUT2D eigenvalue weighted by Gasteiger charge is -2.33. The molecule has 43 heavy (non-hydrogen) atoms. The van der Waals surface area contributed by atoms with E-state index in [1.807, 2.05) is 0 Å². The number of ether oxygens (including phenoxy) is 1. The number of nitrogens with zero attached hydrogens (tertiary/aromatic N) is 2. The number of fused-ring (bicyclic) bond motifs is 1. The Bertz CT molecular complexity index is 1550. The predicted octanol–water partition coefficient (Wildman–Crippen LogP) is 1.43. The highest BCUT2D eigenvalue weighted by molar-refractivity contribution is 5.97. The van der Waals surface area contributed by atoms with E-state index in [1.54, 1.807) is 9.47 Å². The van der Waals surface area contributed by atoms with Gasteiger partial charge < -0.3 is 40.8 Å². The number of nitrogens with two attached hydrogens (primary N) is 1. The molecule has 0 spiro atoms. The number of aromatic carboxylic acids is 1. The van der Waals surface area contributed by atoms with E-state index in [2.05, 4.69) is 10.6 Å². The topological polar surface area (TPSA) is 193 Å². The standard InChI is InChI=1S/C28H33F2N5O8/c1-43-26-23-16(25(39)17(28(41)42)13-35(23)15-4-5-15)9-18(29)24(26)34-8-2-3-14(12-34)19(30)10-32-21(36)11-33-27(40)20(31)6-7-22(37)38/h9,13,15,20H,2-8,10-12,31H2,1H3,(H,32,36)(H,33,40)(H,37,38)(H,41,42)/b19-14+/t20-/m0/s1.